The van der Waals surface area contributed by atoms with E-state index in [2.05, 4.69) is 10.3 Å². The molecule has 1 rings (SSSR count). The zero-order valence-corrected chi connectivity index (χ0v) is 10.7. The fraction of sp³-hybridized carbons (Fsp3) is 0.636. The molecule has 0 aromatic carbocycles. The van der Waals surface area contributed by atoms with E-state index in [9.17, 15) is 4.79 Å². The van der Waals surface area contributed by atoms with Crippen molar-refractivity contribution in [2.75, 3.05) is 13.2 Å². The number of rotatable bonds is 6. The highest BCUT2D eigenvalue weighted by molar-refractivity contribution is 7.09. The van der Waals surface area contributed by atoms with Crippen LogP contribution in [0.4, 0.5) is 0 Å². The number of aromatic nitrogens is 1. The Balaban J connectivity index is 2.31. The van der Waals surface area contributed by atoms with E-state index in [4.69, 9.17) is 4.74 Å². The molecule has 0 radical (unpaired) electrons. The lowest BCUT2D eigenvalue weighted by Gasteiger charge is -2.15. The Morgan fingerprint density at radius 2 is 2.38 bits per heavy atom. The van der Waals surface area contributed by atoms with Crippen LogP contribution in [-0.2, 0) is 9.53 Å². The van der Waals surface area contributed by atoms with E-state index in [1.165, 1.54) is 0 Å². The van der Waals surface area contributed by atoms with Crippen LogP contribution in [0.25, 0.3) is 0 Å². The average molecular weight is 242 g/mol. The number of hydrogen-bond acceptors (Lipinski definition) is 5. The Labute approximate surface area is 100 Å². The van der Waals surface area contributed by atoms with Crippen molar-refractivity contribution in [3.63, 3.8) is 0 Å². The average Bonchev–Trinajstić information content (AvgIpc) is 2.79. The van der Waals surface area contributed by atoms with Gasteiger partial charge < -0.3 is 10.1 Å². The predicted molar refractivity (Wildman–Crippen MR) is 64.3 cm³/mol. The second-order valence-electron chi connectivity index (χ2n) is 3.65. The summed E-state index contributed by atoms with van der Waals surface area (Å²) in [7, 11) is 0. The van der Waals surface area contributed by atoms with Crippen LogP contribution < -0.4 is 5.32 Å². The lowest BCUT2D eigenvalue weighted by atomic mass is 10.2. The fourth-order valence-electron chi connectivity index (χ4n) is 1.26. The van der Waals surface area contributed by atoms with Crippen LogP contribution in [0.15, 0.2) is 11.6 Å². The van der Waals surface area contributed by atoms with Crippen molar-refractivity contribution in [1.29, 1.82) is 0 Å². The maximum absolute atomic E-state index is 11.4. The molecule has 1 N–H and O–H groups in total. The summed E-state index contributed by atoms with van der Waals surface area (Å²) < 4.78 is 4.93. The van der Waals surface area contributed by atoms with E-state index in [-0.39, 0.29) is 17.9 Å². The van der Waals surface area contributed by atoms with Gasteiger partial charge in [0.1, 0.15) is 5.01 Å². The monoisotopic (exact) mass is 242 g/mol. The second kappa shape index (κ2) is 6.60. The first-order valence-electron chi connectivity index (χ1n) is 5.44. The molecule has 5 heteroatoms. The van der Waals surface area contributed by atoms with Crippen LogP contribution in [0, 0.1) is 5.92 Å². The highest BCUT2D eigenvalue weighted by Gasteiger charge is 2.15. The molecule has 0 saturated carbocycles. The van der Waals surface area contributed by atoms with Crippen LogP contribution in [0.3, 0.4) is 0 Å². The van der Waals surface area contributed by atoms with Crippen molar-refractivity contribution in [2.24, 2.45) is 5.92 Å². The van der Waals surface area contributed by atoms with E-state index in [1.807, 2.05) is 26.2 Å². The van der Waals surface area contributed by atoms with Crippen molar-refractivity contribution in [2.45, 2.75) is 26.8 Å². The molecule has 1 heterocycles. The van der Waals surface area contributed by atoms with Crippen molar-refractivity contribution < 1.29 is 9.53 Å². The van der Waals surface area contributed by atoms with Gasteiger partial charge in [0.15, 0.2) is 0 Å². The maximum Gasteiger partial charge on any atom is 0.309 e. The zero-order chi connectivity index (χ0) is 12.0. The van der Waals surface area contributed by atoms with E-state index < -0.39 is 0 Å². The molecule has 1 aromatic rings. The van der Waals surface area contributed by atoms with Gasteiger partial charge in [-0.1, -0.05) is 6.92 Å². The molecule has 0 amide bonds. The molecule has 0 aliphatic rings. The number of ether oxygens (including phenoxy) is 1. The van der Waals surface area contributed by atoms with Gasteiger partial charge in [-0.3, -0.25) is 4.79 Å². The van der Waals surface area contributed by atoms with E-state index >= 15 is 0 Å². The number of thiazole rings is 1. The molecule has 0 aliphatic carbocycles. The third kappa shape index (κ3) is 3.90. The lowest BCUT2D eigenvalue weighted by molar-refractivity contribution is -0.147. The summed E-state index contributed by atoms with van der Waals surface area (Å²) in [5, 5.41) is 6.26. The molecular weight excluding hydrogens is 224 g/mol. The summed E-state index contributed by atoms with van der Waals surface area (Å²) in [5.41, 5.74) is 0. The molecule has 16 heavy (non-hydrogen) atoms. The summed E-state index contributed by atoms with van der Waals surface area (Å²) in [4.78, 5) is 15.6. The Bertz CT molecular complexity index is 314. The first-order chi connectivity index (χ1) is 7.65. The number of carbonyl (C=O) groups excluding carboxylic acids is 1. The number of hydrogen-bond donors (Lipinski definition) is 1. The smallest absolute Gasteiger partial charge is 0.309 e. The van der Waals surface area contributed by atoms with Crippen molar-refractivity contribution in [1.82, 2.24) is 10.3 Å². The van der Waals surface area contributed by atoms with Crippen molar-refractivity contribution in [3.8, 4) is 0 Å². The lowest BCUT2D eigenvalue weighted by Crippen LogP contribution is -2.29. The van der Waals surface area contributed by atoms with Crippen LogP contribution in [0.1, 0.15) is 31.8 Å². The van der Waals surface area contributed by atoms with Crippen LogP contribution in [0.2, 0.25) is 0 Å². The first-order valence-corrected chi connectivity index (χ1v) is 6.32. The third-order valence-electron chi connectivity index (χ3n) is 2.24. The van der Waals surface area contributed by atoms with Gasteiger partial charge in [0.05, 0.1) is 18.6 Å². The molecule has 0 fully saturated rings. The quantitative estimate of drug-likeness (QED) is 0.775. The third-order valence-corrected chi connectivity index (χ3v) is 3.20. The number of nitrogens with zero attached hydrogens (tertiary/aromatic N) is 1. The summed E-state index contributed by atoms with van der Waals surface area (Å²) >= 11 is 1.61. The Morgan fingerprint density at radius 3 is 2.94 bits per heavy atom. The molecule has 90 valence electrons. The summed E-state index contributed by atoms with van der Waals surface area (Å²) in [6, 6.07) is 0.178. The molecule has 0 spiro atoms. The van der Waals surface area contributed by atoms with Gasteiger partial charge in [-0.15, -0.1) is 11.3 Å². The van der Waals surface area contributed by atoms with Gasteiger partial charge in [0.25, 0.3) is 0 Å². The van der Waals surface area contributed by atoms with E-state index in [0.29, 0.717) is 13.2 Å². The zero-order valence-electron chi connectivity index (χ0n) is 9.90. The molecule has 2 atom stereocenters. The van der Waals surface area contributed by atoms with Gasteiger partial charge in [0, 0.05) is 18.1 Å². The molecular formula is C11H18N2O2S. The van der Waals surface area contributed by atoms with Crippen LogP contribution >= 0.6 is 11.3 Å². The van der Waals surface area contributed by atoms with Crippen molar-refractivity contribution >= 4 is 17.3 Å². The minimum absolute atomic E-state index is 0.123. The largest absolute Gasteiger partial charge is 0.466 e. The Morgan fingerprint density at radius 1 is 1.62 bits per heavy atom. The first kappa shape index (κ1) is 13.1. The fourth-order valence-corrected chi connectivity index (χ4v) is 1.93. The van der Waals surface area contributed by atoms with E-state index in [1.54, 1.807) is 17.5 Å². The van der Waals surface area contributed by atoms with Gasteiger partial charge in [-0.05, 0) is 13.8 Å². The highest BCUT2D eigenvalue weighted by Crippen LogP contribution is 2.14. The number of esters is 1. The SMILES string of the molecule is CCOC(=O)C(C)CNC(C)c1nccs1. The standard InChI is InChI=1S/C11H18N2O2S/c1-4-15-11(14)8(2)7-13-9(3)10-12-5-6-16-10/h5-6,8-9,13H,4,7H2,1-3H3. The number of carbonyl (C=O) groups is 1. The molecule has 1 aromatic heterocycles. The minimum atomic E-state index is -0.152. The second-order valence-corrected chi connectivity index (χ2v) is 4.58. The van der Waals surface area contributed by atoms with Crippen LogP contribution in [-0.4, -0.2) is 24.1 Å². The van der Waals surface area contributed by atoms with Gasteiger partial charge in [-0.25, -0.2) is 4.98 Å². The van der Waals surface area contributed by atoms with E-state index in [0.717, 1.165) is 5.01 Å². The van der Waals surface area contributed by atoms with Crippen molar-refractivity contribution in [3.05, 3.63) is 16.6 Å². The summed E-state index contributed by atoms with van der Waals surface area (Å²) in [6.45, 7) is 6.76. The highest BCUT2D eigenvalue weighted by atomic mass is 32.1. The maximum atomic E-state index is 11.4. The predicted octanol–water partition coefficient (Wildman–Crippen LogP) is 1.99. The minimum Gasteiger partial charge on any atom is -0.466 e. The Hall–Kier alpha value is -0.940. The Kier molecular flexibility index (Phi) is 5.42. The molecule has 0 bridgehead atoms. The topological polar surface area (TPSA) is 51.2 Å². The van der Waals surface area contributed by atoms with Gasteiger partial charge in [-0.2, -0.15) is 0 Å². The molecule has 0 saturated heterocycles. The molecule has 4 nitrogen and oxygen atoms in total. The summed E-state index contributed by atoms with van der Waals surface area (Å²) in [6.07, 6.45) is 1.78. The van der Waals surface area contributed by atoms with Gasteiger partial charge in [0.2, 0.25) is 0 Å². The molecule has 2 unspecified atom stereocenters. The van der Waals surface area contributed by atoms with Gasteiger partial charge >= 0.3 is 5.97 Å². The van der Waals surface area contributed by atoms with Crippen LogP contribution in [0.5, 0.6) is 0 Å². The molecule has 0 aliphatic heterocycles. The number of nitrogens with one attached hydrogen (secondary N) is 1. The summed E-state index contributed by atoms with van der Waals surface area (Å²) in [5.74, 6) is -0.274. The normalized spacial score (nSPS) is 14.4.